The maximum Gasteiger partial charge on any atom is 0.293 e. The average molecular weight is 412 g/mol. The van der Waals surface area contributed by atoms with Gasteiger partial charge in [-0.05, 0) is 56.3 Å². The first-order valence-electron chi connectivity index (χ1n) is 10.1. The number of ether oxygens (including phenoxy) is 1. The Morgan fingerprint density at radius 2 is 1.83 bits per heavy atom. The third kappa shape index (κ3) is 5.48. The molecule has 0 saturated carbocycles. The van der Waals surface area contributed by atoms with E-state index in [1.165, 1.54) is 18.7 Å². The normalized spacial score (nSPS) is 14.4. The molecule has 8 nitrogen and oxygen atoms in total. The van der Waals surface area contributed by atoms with Gasteiger partial charge in [0.25, 0.3) is 5.69 Å². The number of Topliss-reactive ketones (excluding diaryl/α,β-unsaturated/α-hetero) is 1. The second kappa shape index (κ2) is 10.1. The number of nitro benzene ring substituents is 1. The molecule has 30 heavy (non-hydrogen) atoms. The van der Waals surface area contributed by atoms with E-state index >= 15 is 0 Å². The van der Waals surface area contributed by atoms with Crippen LogP contribution in [0, 0.1) is 10.1 Å². The van der Waals surface area contributed by atoms with Crippen LogP contribution in [0.1, 0.15) is 23.7 Å². The van der Waals surface area contributed by atoms with E-state index in [1.54, 1.807) is 19.2 Å². The zero-order chi connectivity index (χ0) is 21.5. The van der Waals surface area contributed by atoms with Crippen molar-refractivity contribution in [2.24, 2.45) is 0 Å². The second-order valence-electron chi connectivity index (χ2n) is 7.35. The number of anilines is 2. The van der Waals surface area contributed by atoms with Gasteiger partial charge in [0, 0.05) is 50.0 Å². The fourth-order valence-corrected chi connectivity index (χ4v) is 3.60. The number of nitro groups is 1. The van der Waals surface area contributed by atoms with Crippen LogP contribution < -0.4 is 15.0 Å². The summed E-state index contributed by atoms with van der Waals surface area (Å²) in [6.45, 7) is 6.89. The van der Waals surface area contributed by atoms with Gasteiger partial charge in [0.15, 0.2) is 5.78 Å². The molecule has 0 amide bonds. The van der Waals surface area contributed by atoms with E-state index in [1.807, 2.05) is 12.1 Å². The van der Waals surface area contributed by atoms with Gasteiger partial charge in [0.1, 0.15) is 11.4 Å². The number of benzene rings is 2. The average Bonchev–Trinajstić information content (AvgIpc) is 2.77. The van der Waals surface area contributed by atoms with Crippen LogP contribution in [0.5, 0.6) is 5.75 Å². The fraction of sp³-hybridized carbons (Fsp3) is 0.409. The van der Waals surface area contributed by atoms with Crippen molar-refractivity contribution in [1.82, 2.24) is 4.90 Å². The summed E-state index contributed by atoms with van der Waals surface area (Å²) in [6.07, 6.45) is 0.883. The molecule has 1 saturated heterocycles. The highest BCUT2D eigenvalue weighted by molar-refractivity contribution is 5.95. The molecule has 2 aromatic carbocycles. The number of carbonyl (C=O) groups excluding carboxylic acids is 1. The molecule has 1 heterocycles. The Balaban J connectivity index is 1.43. The highest BCUT2D eigenvalue weighted by Gasteiger charge is 2.18. The summed E-state index contributed by atoms with van der Waals surface area (Å²) in [7, 11) is 1.67. The number of nitrogens with zero attached hydrogens (tertiary/aromatic N) is 3. The van der Waals surface area contributed by atoms with Gasteiger partial charge >= 0.3 is 0 Å². The number of piperazine rings is 1. The van der Waals surface area contributed by atoms with Crippen LogP contribution in [0.15, 0.2) is 42.5 Å². The third-order valence-electron chi connectivity index (χ3n) is 5.38. The van der Waals surface area contributed by atoms with Crippen LogP contribution in [-0.2, 0) is 0 Å². The number of rotatable bonds is 9. The lowest BCUT2D eigenvalue weighted by Gasteiger charge is -2.36. The first-order valence-corrected chi connectivity index (χ1v) is 10.1. The van der Waals surface area contributed by atoms with E-state index in [-0.39, 0.29) is 11.5 Å². The van der Waals surface area contributed by atoms with Gasteiger partial charge in [-0.1, -0.05) is 0 Å². The summed E-state index contributed by atoms with van der Waals surface area (Å²) < 4.78 is 5.21. The zero-order valence-corrected chi connectivity index (χ0v) is 17.5. The smallest absolute Gasteiger partial charge is 0.293 e. The summed E-state index contributed by atoms with van der Waals surface area (Å²) >= 11 is 0. The number of ketones is 1. The molecule has 0 spiro atoms. The zero-order valence-electron chi connectivity index (χ0n) is 17.5. The Hall–Kier alpha value is -3.13. The number of carbonyl (C=O) groups is 1. The molecule has 1 fully saturated rings. The minimum atomic E-state index is -0.451. The highest BCUT2D eigenvalue weighted by Crippen LogP contribution is 2.26. The Bertz CT molecular complexity index is 877. The summed E-state index contributed by atoms with van der Waals surface area (Å²) in [6, 6.07) is 12.7. The van der Waals surface area contributed by atoms with Gasteiger partial charge in [-0.15, -0.1) is 0 Å². The van der Waals surface area contributed by atoms with Crippen LogP contribution in [0.4, 0.5) is 17.1 Å². The van der Waals surface area contributed by atoms with Crippen molar-refractivity contribution in [2.75, 3.05) is 56.6 Å². The second-order valence-corrected chi connectivity index (χ2v) is 7.35. The predicted molar refractivity (Wildman–Crippen MR) is 118 cm³/mol. The minimum absolute atomic E-state index is 0.0594. The van der Waals surface area contributed by atoms with Crippen molar-refractivity contribution < 1.29 is 14.5 Å². The lowest BCUT2D eigenvalue weighted by molar-refractivity contribution is -0.384. The van der Waals surface area contributed by atoms with Crippen molar-refractivity contribution >= 4 is 22.8 Å². The predicted octanol–water partition coefficient (Wildman–Crippen LogP) is 3.43. The largest absolute Gasteiger partial charge is 0.497 e. The van der Waals surface area contributed by atoms with E-state index in [0.29, 0.717) is 17.8 Å². The molecule has 1 N–H and O–H groups in total. The molecular weight excluding hydrogens is 384 g/mol. The van der Waals surface area contributed by atoms with Gasteiger partial charge in [0.05, 0.1) is 12.0 Å². The molecule has 0 unspecified atom stereocenters. The van der Waals surface area contributed by atoms with E-state index in [9.17, 15) is 14.9 Å². The van der Waals surface area contributed by atoms with E-state index in [2.05, 4.69) is 27.2 Å². The Morgan fingerprint density at radius 3 is 2.43 bits per heavy atom. The standard InChI is InChI=1S/C22H28N4O4/c1-17(27)18-4-9-21(22(16-18)26(28)29)23-10-3-11-24-12-14-25(15-13-24)19-5-7-20(30-2)8-6-19/h4-9,16,23H,3,10-15H2,1-2H3. The van der Waals surface area contributed by atoms with Gasteiger partial charge in [-0.3, -0.25) is 19.8 Å². The lowest BCUT2D eigenvalue weighted by Crippen LogP contribution is -2.46. The Kier molecular flexibility index (Phi) is 7.24. The molecule has 0 bridgehead atoms. The van der Waals surface area contributed by atoms with Crippen molar-refractivity contribution in [1.29, 1.82) is 0 Å². The van der Waals surface area contributed by atoms with E-state index in [4.69, 9.17) is 4.74 Å². The van der Waals surface area contributed by atoms with Gasteiger partial charge in [-0.25, -0.2) is 0 Å². The van der Waals surface area contributed by atoms with Crippen LogP contribution in [0.25, 0.3) is 0 Å². The van der Waals surface area contributed by atoms with Crippen molar-refractivity contribution in [3.63, 3.8) is 0 Å². The van der Waals surface area contributed by atoms with Crippen molar-refractivity contribution in [2.45, 2.75) is 13.3 Å². The molecule has 1 aliphatic rings. The molecule has 1 aliphatic heterocycles. The molecule has 0 aliphatic carbocycles. The summed E-state index contributed by atoms with van der Waals surface area (Å²) in [5.74, 6) is 0.680. The number of methoxy groups -OCH3 is 1. The molecule has 0 radical (unpaired) electrons. The molecule has 160 valence electrons. The third-order valence-corrected chi connectivity index (χ3v) is 5.38. The van der Waals surface area contributed by atoms with Crippen LogP contribution in [0.3, 0.4) is 0 Å². The topological polar surface area (TPSA) is 88.0 Å². The Morgan fingerprint density at radius 1 is 1.13 bits per heavy atom. The maximum atomic E-state index is 11.5. The van der Waals surface area contributed by atoms with E-state index < -0.39 is 4.92 Å². The molecule has 2 aromatic rings. The summed E-state index contributed by atoms with van der Waals surface area (Å²) in [5, 5.41) is 14.4. The maximum absolute atomic E-state index is 11.5. The summed E-state index contributed by atoms with van der Waals surface area (Å²) in [4.78, 5) is 27.1. The van der Waals surface area contributed by atoms with Crippen LogP contribution in [-0.4, -0.2) is 62.0 Å². The molecule has 8 heteroatoms. The first-order chi connectivity index (χ1) is 14.5. The first kappa shape index (κ1) is 21.6. The molecule has 0 aromatic heterocycles. The van der Waals surface area contributed by atoms with Crippen molar-refractivity contribution in [3.8, 4) is 5.75 Å². The monoisotopic (exact) mass is 412 g/mol. The van der Waals surface area contributed by atoms with Crippen LogP contribution in [0.2, 0.25) is 0 Å². The SMILES string of the molecule is COc1ccc(N2CCN(CCCNc3ccc(C(C)=O)cc3[N+](=O)[O-])CC2)cc1. The van der Waals surface area contributed by atoms with Crippen molar-refractivity contribution in [3.05, 3.63) is 58.1 Å². The Labute approximate surface area is 176 Å². The molecule has 0 atom stereocenters. The number of hydrogen-bond acceptors (Lipinski definition) is 7. The highest BCUT2D eigenvalue weighted by atomic mass is 16.6. The summed E-state index contributed by atoms with van der Waals surface area (Å²) in [5.41, 5.74) is 1.95. The number of nitrogens with one attached hydrogen (secondary N) is 1. The number of hydrogen-bond donors (Lipinski definition) is 1. The van der Waals surface area contributed by atoms with Gasteiger partial charge < -0.3 is 15.0 Å². The minimum Gasteiger partial charge on any atom is -0.497 e. The quantitative estimate of drug-likeness (QED) is 0.292. The van der Waals surface area contributed by atoms with Crippen LogP contribution >= 0.6 is 0 Å². The van der Waals surface area contributed by atoms with Gasteiger partial charge in [0.2, 0.25) is 0 Å². The molecule has 3 rings (SSSR count). The lowest BCUT2D eigenvalue weighted by atomic mass is 10.1. The van der Waals surface area contributed by atoms with E-state index in [0.717, 1.165) is 44.9 Å². The molecular formula is C22H28N4O4. The van der Waals surface area contributed by atoms with Gasteiger partial charge in [-0.2, -0.15) is 0 Å². The fourth-order valence-electron chi connectivity index (χ4n) is 3.60.